The molecule has 104 valence electrons. The molecule has 2 rings (SSSR count). The van der Waals surface area contributed by atoms with Gasteiger partial charge < -0.3 is 5.11 Å². The zero-order chi connectivity index (χ0) is 14.9. The molecule has 0 heterocycles. The van der Waals surface area contributed by atoms with Crippen molar-refractivity contribution in [3.63, 3.8) is 0 Å². The molecule has 0 unspecified atom stereocenters. The Labute approximate surface area is 135 Å². The molecule has 0 saturated carbocycles. The van der Waals surface area contributed by atoms with Gasteiger partial charge >= 0.3 is 5.97 Å². The number of benzene rings is 2. The number of carboxylic acids is 1. The number of hydrogen-bond donors (Lipinski definition) is 1. The summed E-state index contributed by atoms with van der Waals surface area (Å²) in [6.07, 6.45) is -0.175. The van der Waals surface area contributed by atoms with Gasteiger partial charge in [-0.15, -0.1) is 0 Å². The molecule has 2 aromatic carbocycles. The number of hydrogen-bond acceptors (Lipinski definition) is 1. The Morgan fingerprint density at radius 3 is 2.10 bits per heavy atom. The second kappa shape index (κ2) is 6.23. The molecular weight excluding hydrogens is 342 g/mol. The standard InChI is InChI=1S/C14H8Cl4O2/c15-8-5-10(17)14(11(18)6-8)13-7(4-12(19)20)2-1-3-9(13)16/h1-3,5-6H,4H2,(H,19,20). The lowest BCUT2D eigenvalue weighted by Crippen LogP contribution is -2.02. The van der Waals surface area contributed by atoms with Crippen molar-refractivity contribution in [1.29, 1.82) is 0 Å². The lowest BCUT2D eigenvalue weighted by atomic mass is 9.97. The molecule has 0 aliphatic rings. The average Bonchev–Trinajstić information content (AvgIpc) is 2.30. The molecule has 2 nitrogen and oxygen atoms in total. The quantitative estimate of drug-likeness (QED) is 0.783. The van der Waals surface area contributed by atoms with Gasteiger partial charge in [0.25, 0.3) is 0 Å². The van der Waals surface area contributed by atoms with Crippen LogP contribution in [0.5, 0.6) is 0 Å². The van der Waals surface area contributed by atoms with E-state index in [0.717, 1.165) is 0 Å². The first kappa shape index (κ1) is 15.5. The lowest BCUT2D eigenvalue weighted by molar-refractivity contribution is -0.136. The van der Waals surface area contributed by atoms with E-state index in [1.807, 2.05) is 0 Å². The van der Waals surface area contributed by atoms with Gasteiger partial charge in [-0.3, -0.25) is 4.79 Å². The molecule has 0 bridgehead atoms. The fraction of sp³-hybridized carbons (Fsp3) is 0.0714. The van der Waals surface area contributed by atoms with Crippen LogP contribution in [0.3, 0.4) is 0 Å². The molecule has 0 amide bonds. The fourth-order valence-corrected chi connectivity index (χ4v) is 3.23. The van der Waals surface area contributed by atoms with Crippen LogP contribution in [0.4, 0.5) is 0 Å². The number of aliphatic carboxylic acids is 1. The van der Waals surface area contributed by atoms with Crippen molar-refractivity contribution in [3.8, 4) is 11.1 Å². The fourth-order valence-electron chi connectivity index (χ4n) is 1.94. The summed E-state index contributed by atoms with van der Waals surface area (Å²) in [5, 5.41) is 10.4. The van der Waals surface area contributed by atoms with Crippen LogP contribution in [-0.4, -0.2) is 11.1 Å². The molecule has 0 aliphatic carbocycles. The van der Waals surface area contributed by atoms with E-state index < -0.39 is 5.97 Å². The van der Waals surface area contributed by atoms with Gasteiger partial charge in [-0.05, 0) is 23.8 Å². The summed E-state index contributed by atoms with van der Waals surface area (Å²) in [5.74, 6) is -0.963. The third kappa shape index (κ3) is 3.21. The van der Waals surface area contributed by atoms with Crippen molar-refractivity contribution >= 4 is 52.4 Å². The van der Waals surface area contributed by atoms with E-state index in [1.165, 1.54) is 12.1 Å². The van der Waals surface area contributed by atoms with E-state index in [2.05, 4.69) is 0 Å². The highest BCUT2D eigenvalue weighted by molar-refractivity contribution is 6.43. The molecule has 0 fully saturated rings. The van der Waals surface area contributed by atoms with Crippen molar-refractivity contribution in [1.82, 2.24) is 0 Å². The Bertz CT molecular complexity index is 660. The zero-order valence-electron chi connectivity index (χ0n) is 9.96. The summed E-state index contributed by atoms with van der Waals surface area (Å²) in [4.78, 5) is 11.0. The third-order valence-electron chi connectivity index (χ3n) is 2.70. The topological polar surface area (TPSA) is 37.3 Å². The van der Waals surface area contributed by atoms with E-state index in [1.54, 1.807) is 18.2 Å². The summed E-state index contributed by atoms with van der Waals surface area (Å²) in [5.41, 5.74) is 1.54. The van der Waals surface area contributed by atoms with Crippen LogP contribution in [0.2, 0.25) is 20.1 Å². The maximum atomic E-state index is 11.0. The minimum Gasteiger partial charge on any atom is -0.481 e. The Morgan fingerprint density at radius 2 is 1.55 bits per heavy atom. The average molecular weight is 350 g/mol. The van der Waals surface area contributed by atoms with Crippen LogP contribution >= 0.6 is 46.4 Å². The largest absolute Gasteiger partial charge is 0.481 e. The van der Waals surface area contributed by atoms with Gasteiger partial charge in [0.15, 0.2) is 0 Å². The third-order valence-corrected chi connectivity index (χ3v) is 3.83. The lowest BCUT2D eigenvalue weighted by Gasteiger charge is -2.14. The molecule has 6 heteroatoms. The van der Waals surface area contributed by atoms with Crippen LogP contribution < -0.4 is 0 Å². The molecule has 1 N–H and O–H groups in total. The summed E-state index contributed by atoms with van der Waals surface area (Å²) < 4.78 is 0. The first-order valence-corrected chi connectivity index (χ1v) is 7.05. The van der Waals surface area contributed by atoms with Gasteiger partial charge in [-0.2, -0.15) is 0 Å². The van der Waals surface area contributed by atoms with Crippen LogP contribution in [0.1, 0.15) is 5.56 Å². The molecular formula is C14H8Cl4O2. The number of carboxylic acid groups (broad SMARTS) is 1. The van der Waals surface area contributed by atoms with E-state index >= 15 is 0 Å². The maximum Gasteiger partial charge on any atom is 0.307 e. The van der Waals surface area contributed by atoms with E-state index in [0.29, 0.717) is 36.8 Å². The second-order valence-electron chi connectivity index (χ2n) is 4.09. The number of rotatable bonds is 3. The predicted molar refractivity (Wildman–Crippen MR) is 83.3 cm³/mol. The summed E-state index contributed by atoms with van der Waals surface area (Å²) in [6.45, 7) is 0. The molecule has 0 saturated heterocycles. The van der Waals surface area contributed by atoms with Gasteiger partial charge in [-0.1, -0.05) is 58.5 Å². The maximum absolute atomic E-state index is 11.0. The number of halogens is 4. The highest BCUT2D eigenvalue weighted by Gasteiger charge is 2.18. The van der Waals surface area contributed by atoms with E-state index in [-0.39, 0.29) is 6.42 Å². The number of carbonyl (C=O) groups is 1. The molecule has 2 aromatic rings. The SMILES string of the molecule is O=C(O)Cc1cccc(Cl)c1-c1c(Cl)cc(Cl)cc1Cl. The van der Waals surface area contributed by atoms with Gasteiger partial charge in [0.2, 0.25) is 0 Å². The monoisotopic (exact) mass is 348 g/mol. The normalized spacial score (nSPS) is 10.6. The summed E-state index contributed by atoms with van der Waals surface area (Å²) >= 11 is 24.4. The molecule has 0 radical (unpaired) electrons. The Balaban J connectivity index is 2.72. The van der Waals surface area contributed by atoms with Gasteiger partial charge in [-0.25, -0.2) is 0 Å². The van der Waals surface area contributed by atoms with E-state index in [4.69, 9.17) is 51.5 Å². The summed E-state index contributed by atoms with van der Waals surface area (Å²) in [6, 6.07) is 8.10. The molecule has 0 aliphatic heterocycles. The van der Waals surface area contributed by atoms with Gasteiger partial charge in [0.05, 0.1) is 16.5 Å². The first-order chi connectivity index (χ1) is 9.40. The van der Waals surface area contributed by atoms with Crippen molar-refractivity contribution in [3.05, 3.63) is 56.0 Å². The minimum atomic E-state index is -0.963. The van der Waals surface area contributed by atoms with Crippen LogP contribution in [0.15, 0.2) is 30.3 Å². The van der Waals surface area contributed by atoms with Crippen molar-refractivity contribution in [2.24, 2.45) is 0 Å². The molecule has 20 heavy (non-hydrogen) atoms. The minimum absolute atomic E-state index is 0.175. The smallest absolute Gasteiger partial charge is 0.307 e. The van der Waals surface area contributed by atoms with Crippen molar-refractivity contribution in [2.45, 2.75) is 6.42 Å². The van der Waals surface area contributed by atoms with Gasteiger partial charge in [0, 0.05) is 21.2 Å². The summed E-state index contributed by atoms with van der Waals surface area (Å²) in [7, 11) is 0. The van der Waals surface area contributed by atoms with Crippen LogP contribution in [0, 0.1) is 0 Å². The van der Waals surface area contributed by atoms with Crippen molar-refractivity contribution < 1.29 is 9.90 Å². The highest BCUT2D eigenvalue weighted by atomic mass is 35.5. The van der Waals surface area contributed by atoms with Crippen LogP contribution in [-0.2, 0) is 11.2 Å². The van der Waals surface area contributed by atoms with E-state index in [9.17, 15) is 4.79 Å². The molecule has 0 atom stereocenters. The zero-order valence-corrected chi connectivity index (χ0v) is 13.0. The first-order valence-electron chi connectivity index (χ1n) is 5.54. The van der Waals surface area contributed by atoms with Crippen molar-refractivity contribution in [2.75, 3.05) is 0 Å². The Kier molecular flexibility index (Phi) is 4.82. The Morgan fingerprint density at radius 1 is 0.950 bits per heavy atom. The van der Waals surface area contributed by atoms with Gasteiger partial charge in [0.1, 0.15) is 0 Å². The van der Waals surface area contributed by atoms with Crippen LogP contribution in [0.25, 0.3) is 11.1 Å². The highest BCUT2D eigenvalue weighted by Crippen LogP contribution is 2.42. The Hall–Kier alpha value is -0.930. The molecule has 0 spiro atoms. The second-order valence-corrected chi connectivity index (χ2v) is 5.75. The predicted octanol–water partition coefficient (Wildman–Crippen LogP) is 5.59. The molecule has 0 aromatic heterocycles.